The van der Waals surface area contributed by atoms with Gasteiger partial charge in [-0.05, 0) is 38.1 Å². The van der Waals surface area contributed by atoms with Crippen LogP contribution < -0.4 is 9.91 Å². The zero-order chi connectivity index (χ0) is 21.3. The van der Waals surface area contributed by atoms with E-state index in [1.807, 2.05) is 63.2 Å². The van der Waals surface area contributed by atoms with Gasteiger partial charge in [0.15, 0.2) is 0 Å². The number of rotatable bonds is 9. The van der Waals surface area contributed by atoms with Crippen LogP contribution in [0.2, 0.25) is 13.1 Å². The van der Waals surface area contributed by atoms with Crippen LogP contribution in [-0.2, 0) is 22.3 Å². The molecule has 1 unspecified atom stereocenters. The molecule has 0 bridgehead atoms. The highest BCUT2D eigenvalue weighted by Gasteiger charge is 2.22. The van der Waals surface area contributed by atoms with Crippen LogP contribution in [0, 0.1) is 0 Å². The van der Waals surface area contributed by atoms with E-state index in [2.05, 4.69) is 53.5 Å². The SMILES string of the molecule is CC(C)(C)S(=O)N[C@@H](C=C=C[Si](C)(C)c1ccccc1)COCc1ccccc1. The summed E-state index contributed by atoms with van der Waals surface area (Å²) in [5.41, 5.74) is 6.68. The Morgan fingerprint density at radius 1 is 1.07 bits per heavy atom. The summed E-state index contributed by atoms with van der Waals surface area (Å²) in [5, 5.41) is 1.36. The number of hydrogen-bond donors (Lipinski definition) is 1. The molecule has 0 aliphatic heterocycles. The molecule has 29 heavy (non-hydrogen) atoms. The van der Waals surface area contributed by atoms with Gasteiger partial charge in [0.1, 0.15) is 8.07 Å². The first-order chi connectivity index (χ1) is 13.7. The zero-order valence-corrected chi connectivity index (χ0v) is 20.0. The van der Waals surface area contributed by atoms with E-state index in [1.165, 1.54) is 5.19 Å². The predicted molar refractivity (Wildman–Crippen MR) is 127 cm³/mol. The first kappa shape index (κ1) is 23.5. The summed E-state index contributed by atoms with van der Waals surface area (Å²) in [6.07, 6.45) is 1.95. The van der Waals surface area contributed by atoms with Crippen molar-refractivity contribution in [2.45, 2.75) is 51.3 Å². The summed E-state index contributed by atoms with van der Waals surface area (Å²) in [7, 11) is -2.90. The maximum atomic E-state index is 12.6. The van der Waals surface area contributed by atoms with Crippen LogP contribution in [0.1, 0.15) is 26.3 Å². The number of benzene rings is 2. The molecule has 0 amide bonds. The van der Waals surface area contributed by atoms with Crippen molar-refractivity contribution in [2.75, 3.05) is 6.61 Å². The molecule has 0 fully saturated rings. The normalized spacial score (nSPS) is 14.0. The lowest BCUT2D eigenvalue weighted by atomic mass is 10.2. The van der Waals surface area contributed by atoms with E-state index in [0.717, 1.165) is 5.56 Å². The van der Waals surface area contributed by atoms with Crippen LogP contribution in [0.15, 0.2) is 78.2 Å². The molecule has 2 atom stereocenters. The summed E-state index contributed by atoms with van der Waals surface area (Å²) in [6, 6.07) is 20.5. The third kappa shape index (κ3) is 8.25. The Labute approximate surface area is 179 Å². The minimum atomic E-state index is -1.72. The average molecular weight is 428 g/mol. The summed E-state index contributed by atoms with van der Waals surface area (Å²) < 4.78 is 21.3. The highest BCUT2D eigenvalue weighted by molar-refractivity contribution is 7.84. The first-order valence-electron chi connectivity index (χ1n) is 9.97. The van der Waals surface area contributed by atoms with Crippen LogP contribution in [0.25, 0.3) is 0 Å². The van der Waals surface area contributed by atoms with Gasteiger partial charge in [0.2, 0.25) is 0 Å². The van der Waals surface area contributed by atoms with Gasteiger partial charge in [-0.1, -0.05) is 78.9 Å². The molecule has 3 nitrogen and oxygen atoms in total. The Morgan fingerprint density at radius 3 is 2.24 bits per heavy atom. The van der Waals surface area contributed by atoms with Crippen LogP contribution in [0.4, 0.5) is 0 Å². The van der Waals surface area contributed by atoms with Gasteiger partial charge >= 0.3 is 0 Å². The monoisotopic (exact) mass is 427 g/mol. The Balaban J connectivity index is 2.08. The molecule has 1 N–H and O–H groups in total. The second kappa shape index (κ2) is 10.9. The molecule has 0 heterocycles. The van der Waals surface area contributed by atoms with Crippen molar-refractivity contribution in [3.05, 3.63) is 83.7 Å². The molecular formula is C24H33NO2SSi. The summed E-state index contributed by atoms with van der Waals surface area (Å²) in [5.74, 6) is 0. The van der Waals surface area contributed by atoms with Crippen molar-refractivity contribution in [3.8, 4) is 0 Å². The second-order valence-electron chi connectivity index (χ2n) is 8.67. The Morgan fingerprint density at radius 2 is 1.66 bits per heavy atom. The number of ether oxygens (including phenoxy) is 1. The fourth-order valence-electron chi connectivity index (χ4n) is 2.63. The van der Waals surface area contributed by atoms with E-state index in [0.29, 0.717) is 13.2 Å². The molecule has 0 radical (unpaired) electrons. The van der Waals surface area contributed by atoms with Crippen molar-refractivity contribution in [2.24, 2.45) is 0 Å². The van der Waals surface area contributed by atoms with E-state index < -0.39 is 19.1 Å². The van der Waals surface area contributed by atoms with E-state index in [4.69, 9.17) is 4.74 Å². The molecule has 0 spiro atoms. The molecule has 2 rings (SSSR count). The van der Waals surface area contributed by atoms with Crippen LogP contribution in [0.3, 0.4) is 0 Å². The highest BCUT2D eigenvalue weighted by atomic mass is 32.2. The maximum Gasteiger partial charge on any atom is 0.112 e. The topological polar surface area (TPSA) is 38.3 Å². The van der Waals surface area contributed by atoms with E-state index in [9.17, 15) is 4.21 Å². The van der Waals surface area contributed by atoms with Gasteiger partial charge in [-0.15, -0.1) is 5.73 Å². The molecule has 156 valence electrons. The summed E-state index contributed by atoms with van der Waals surface area (Å²) in [4.78, 5) is 0. The Kier molecular flexibility index (Phi) is 8.81. The van der Waals surface area contributed by atoms with Crippen molar-refractivity contribution in [1.29, 1.82) is 0 Å². The van der Waals surface area contributed by atoms with Crippen LogP contribution in [0.5, 0.6) is 0 Å². The van der Waals surface area contributed by atoms with Crippen LogP contribution in [-0.4, -0.2) is 29.7 Å². The lowest BCUT2D eigenvalue weighted by Crippen LogP contribution is -2.41. The lowest BCUT2D eigenvalue weighted by Gasteiger charge is -2.22. The second-order valence-corrected chi connectivity index (χ2v) is 15.0. The third-order valence-electron chi connectivity index (χ3n) is 4.48. The van der Waals surface area contributed by atoms with Gasteiger partial charge in [-0.2, -0.15) is 0 Å². The molecular weight excluding hydrogens is 394 g/mol. The van der Waals surface area contributed by atoms with Gasteiger partial charge in [0, 0.05) is 0 Å². The molecule has 2 aromatic carbocycles. The molecule has 0 aliphatic rings. The molecule has 0 aliphatic carbocycles. The largest absolute Gasteiger partial charge is 0.375 e. The van der Waals surface area contributed by atoms with E-state index >= 15 is 0 Å². The van der Waals surface area contributed by atoms with E-state index in [-0.39, 0.29) is 10.8 Å². The minimum absolute atomic E-state index is 0.171. The molecule has 0 saturated carbocycles. The fraction of sp³-hybridized carbons (Fsp3) is 0.375. The number of hydrogen-bond acceptors (Lipinski definition) is 2. The molecule has 0 saturated heterocycles. The van der Waals surface area contributed by atoms with Gasteiger partial charge in [-0.3, -0.25) is 0 Å². The van der Waals surface area contributed by atoms with E-state index in [1.54, 1.807) is 0 Å². The predicted octanol–water partition coefficient (Wildman–Crippen LogP) is 4.49. The maximum absolute atomic E-state index is 12.6. The highest BCUT2D eigenvalue weighted by Crippen LogP contribution is 2.11. The molecule has 0 aromatic heterocycles. The minimum Gasteiger partial charge on any atom is -0.375 e. The van der Waals surface area contributed by atoms with Crippen molar-refractivity contribution in [1.82, 2.24) is 4.72 Å². The average Bonchev–Trinajstić information content (AvgIpc) is 2.68. The standard InChI is InChI=1S/C24H33NO2SSi/c1-24(2,3)28(26)25-22(20-27-19-21-13-8-6-9-14-21)15-12-18-29(4,5)23-16-10-7-11-17-23/h6-11,13-18,22,25H,19-20H2,1-5H3/t12?,22-,28?/m0/s1. The van der Waals surface area contributed by atoms with Gasteiger partial charge in [0.05, 0.1) is 35.0 Å². The Bertz CT molecular complexity index is 838. The van der Waals surface area contributed by atoms with Gasteiger partial charge < -0.3 is 4.74 Å². The Hall–Kier alpha value is -1.75. The first-order valence-corrected chi connectivity index (χ1v) is 14.2. The zero-order valence-electron chi connectivity index (χ0n) is 18.1. The van der Waals surface area contributed by atoms with Crippen LogP contribution >= 0.6 is 0 Å². The van der Waals surface area contributed by atoms with Gasteiger partial charge in [0.25, 0.3) is 0 Å². The number of nitrogens with one attached hydrogen (secondary N) is 1. The quantitative estimate of drug-likeness (QED) is 0.473. The fourth-order valence-corrected chi connectivity index (χ4v) is 5.13. The lowest BCUT2D eigenvalue weighted by molar-refractivity contribution is 0.113. The molecule has 5 heteroatoms. The smallest absolute Gasteiger partial charge is 0.112 e. The van der Waals surface area contributed by atoms with Crippen molar-refractivity contribution in [3.63, 3.8) is 0 Å². The molecule has 2 aromatic rings. The summed E-state index contributed by atoms with van der Waals surface area (Å²) in [6.45, 7) is 11.4. The van der Waals surface area contributed by atoms with Crippen molar-refractivity contribution >= 4 is 24.2 Å². The van der Waals surface area contributed by atoms with Crippen molar-refractivity contribution < 1.29 is 8.95 Å². The van der Waals surface area contributed by atoms with Gasteiger partial charge in [-0.25, -0.2) is 8.93 Å². The summed E-state index contributed by atoms with van der Waals surface area (Å²) >= 11 is 0. The third-order valence-corrected chi connectivity index (χ3v) is 8.82.